The largest absolute Gasteiger partial charge is 0.377 e. The molecule has 0 heterocycles. The van der Waals surface area contributed by atoms with Crippen LogP contribution in [0.15, 0.2) is 36.0 Å². The first-order valence-corrected chi connectivity index (χ1v) is 9.65. The van der Waals surface area contributed by atoms with Crippen molar-refractivity contribution in [2.45, 2.75) is 58.5 Å². The number of fused-ring (bicyclic) bond motifs is 5. The van der Waals surface area contributed by atoms with E-state index in [2.05, 4.69) is 38.7 Å². The van der Waals surface area contributed by atoms with E-state index >= 15 is 0 Å². The minimum absolute atomic E-state index is 0.365. The highest BCUT2D eigenvalue weighted by molar-refractivity contribution is 5.31. The molecule has 126 valence electrons. The fraction of sp³-hybridized carbons (Fsp3) is 0.727. The summed E-state index contributed by atoms with van der Waals surface area (Å²) in [6, 6.07) is 0. The van der Waals surface area contributed by atoms with Crippen LogP contribution >= 0.6 is 0 Å². The second-order valence-electron chi connectivity index (χ2n) is 8.78. The van der Waals surface area contributed by atoms with Gasteiger partial charge >= 0.3 is 0 Å². The Bertz CT molecular complexity index is 556. The molecule has 4 aliphatic rings. The first-order valence-electron chi connectivity index (χ1n) is 9.65. The molecule has 0 amide bonds. The van der Waals surface area contributed by atoms with Crippen molar-refractivity contribution in [3.63, 3.8) is 0 Å². The third-order valence-corrected chi connectivity index (χ3v) is 7.95. The van der Waals surface area contributed by atoms with Gasteiger partial charge in [0.15, 0.2) is 0 Å². The summed E-state index contributed by atoms with van der Waals surface area (Å²) in [7, 11) is 1.87. The van der Waals surface area contributed by atoms with Crippen LogP contribution in [-0.4, -0.2) is 13.2 Å². The second-order valence-corrected chi connectivity index (χ2v) is 8.78. The van der Waals surface area contributed by atoms with E-state index < -0.39 is 0 Å². The lowest BCUT2D eigenvalue weighted by Crippen LogP contribution is -2.49. The molecule has 1 heteroatoms. The molecule has 2 fully saturated rings. The van der Waals surface area contributed by atoms with Crippen LogP contribution in [-0.2, 0) is 4.74 Å². The van der Waals surface area contributed by atoms with Gasteiger partial charge in [-0.25, -0.2) is 0 Å². The highest BCUT2D eigenvalue weighted by Crippen LogP contribution is 2.63. The van der Waals surface area contributed by atoms with Crippen LogP contribution in [0, 0.1) is 35.0 Å². The highest BCUT2D eigenvalue weighted by Gasteiger charge is 2.54. The summed E-state index contributed by atoms with van der Waals surface area (Å²) < 4.78 is 5.64. The summed E-state index contributed by atoms with van der Waals surface area (Å²) in [4.78, 5) is 0. The molecule has 7 atom stereocenters. The van der Waals surface area contributed by atoms with Crippen molar-refractivity contribution < 1.29 is 4.74 Å². The quantitative estimate of drug-likeness (QED) is 0.608. The minimum atomic E-state index is 0.365. The number of allylic oxidation sites excluding steroid dienone is 4. The summed E-state index contributed by atoms with van der Waals surface area (Å²) in [6.45, 7) is 9.15. The smallest absolute Gasteiger partial charge is 0.0755 e. The topological polar surface area (TPSA) is 9.23 Å². The van der Waals surface area contributed by atoms with E-state index in [4.69, 9.17) is 4.74 Å². The molecule has 0 bridgehead atoms. The van der Waals surface area contributed by atoms with E-state index in [-0.39, 0.29) is 0 Å². The Kier molecular flexibility index (Phi) is 3.83. The fourth-order valence-corrected chi connectivity index (χ4v) is 6.78. The molecule has 4 rings (SSSR count). The normalized spacial score (nSPS) is 48.7. The van der Waals surface area contributed by atoms with Crippen molar-refractivity contribution in [1.82, 2.24) is 0 Å². The summed E-state index contributed by atoms with van der Waals surface area (Å²) in [5.41, 5.74) is 3.71. The van der Waals surface area contributed by atoms with Crippen LogP contribution in [0.1, 0.15) is 52.4 Å². The molecule has 0 radical (unpaired) electrons. The monoisotopic (exact) mass is 312 g/mol. The van der Waals surface area contributed by atoms with Crippen LogP contribution in [0.3, 0.4) is 0 Å². The lowest BCUT2D eigenvalue weighted by atomic mass is 9.48. The van der Waals surface area contributed by atoms with Gasteiger partial charge in [0, 0.05) is 7.11 Å². The van der Waals surface area contributed by atoms with Crippen LogP contribution < -0.4 is 0 Å². The van der Waals surface area contributed by atoms with Crippen LogP contribution in [0.5, 0.6) is 0 Å². The van der Waals surface area contributed by atoms with E-state index in [0.717, 1.165) is 29.6 Å². The minimum Gasteiger partial charge on any atom is -0.377 e. The average Bonchev–Trinajstić information content (AvgIpc) is 3.00. The van der Waals surface area contributed by atoms with E-state index in [1.165, 1.54) is 38.5 Å². The maximum Gasteiger partial charge on any atom is 0.0755 e. The second kappa shape index (κ2) is 5.62. The first-order chi connectivity index (χ1) is 11.1. The van der Waals surface area contributed by atoms with Crippen LogP contribution in [0.4, 0.5) is 0 Å². The molecule has 2 saturated carbocycles. The van der Waals surface area contributed by atoms with E-state index in [1.54, 1.807) is 11.1 Å². The molecule has 0 saturated heterocycles. The van der Waals surface area contributed by atoms with Gasteiger partial charge in [0.2, 0.25) is 0 Å². The first kappa shape index (κ1) is 15.7. The third kappa shape index (κ3) is 2.22. The highest BCUT2D eigenvalue weighted by atomic mass is 16.5. The lowest BCUT2D eigenvalue weighted by Gasteiger charge is -2.57. The summed E-state index contributed by atoms with van der Waals surface area (Å²) in [6.07, 6.45) is 15.4. The van der Waals surface area contributed by atoms with Gasteiger partial charge < -0.3 is 4.74 Å². The Balaban J connectivity index is 1.65. The van der Waals surface area contributed by atoms with Gasteiger partial charge in [-0.1, -0.05) is 44.2 Å². The van der Waals surface area contributed by atoms with Gasteiger partial charge in [0.05, 0.1) is 6.10 Å². The predicted molar refractivity (Wildman–Crippen MR) is 96.1 cm³/mol. The van der Waals surface area contributed by atoms with Crippen LogP contribution in [0.2, 0.25) is 0 Å². The zero-order chi connectivity index (χ0) is 16.2. The molecule has 0 spiro atoms. The van der Waals surface area contributed by atoms with E-state index in [9.17, 15) is 0 Å². The Hall–Kier alpha value is -0.820. The summed E-state index contributed by atoms with van der Waals surface area (Å²) in [5, 5.41) is 0. The molecular weight excluding hydrogens is 280 g/mol. The summed E-state index contributed by atoms with van der Waals surface area (Å²) >= 11 is 0. The van der Waals surface area contributed by atoms with Gasteiger partial charge in [-0.05, 0) is 79.1 Å². The van der Waals surface area contributed by atoms with E-state index in [1.807, 2.05) is 7.11 Å². The van der Waals surface area contributed by atoms with Crippen molar-refractivity contribution in [3.05, 3.63) is 36.0 Å². The summed E-state index contributed by atoms with van der Waals surface area (Å²) in [5.74, 6) is 4.29. The van der Waals surface area contributed by atoms with Gasteiger partial charge in [0.1, 0.15) is 0 Å². The SMILES string of the molecule is C=CC1=CCC2C3CCC4=CC(OC)CC[C@]4(C)C3C[C@@H](C)C12. The van der Waals surface area contributed by atoms with Crippen molar-refractivity contribution in [2.75, 3.05) is 7.11 Å². The van der Waals surface area contributed by atoms with Crippen molar-refractivity contribution in [3.8, 4) is 0 Å². The van der Waals surface area contributed by atoms with Gasteiger partial charge in [-0.3, -0.25) is 0 Å². The number of ether oxygens (including phenoxy) is 1. The molecule has 1 nitrogen and oxygen atoms in total. The van der Waals surface area contributed by atoms with Gasteiger partial charge in [0.25, 0.3) is 0 Å². The number of rotatable bonds is 2. The molecule has 23 heavy (non-hydrogen) atoms. The molecule has 5 unspecified atom stereocenters. The molecule has 0 N–H and O–H groups in total. The lowest BCUT2D eigenvalue weighted by molar-refractivity contribution is -0.0292. The maximum absolute atomic E-state index is 5.64. The zero-order valence-electron chi connectivity index (χ0n) is 15.1. The number of hydrogen-bond acceptors (Lipinski definition) is 1. The van der Waals surface area contributed by atoms with Gasteiger partial charge in [-0.15, -0.1) is 0 Å². The predicted octanol–water partition coefficient (Wildman–Crippen LogP) is 5.54. The average molecular weight is 312 g/mol. The number of methoxy groups -OCH3 is 1. The Morgan fingerprint density at radius 3 is 2.87 bits per heavy atom. The van der Waals surface area contributed by atoms with Crippen molar-refractivity contribution >= 4 is 0 Å². The Morgan fingerprint density at radius 2 is 2.13 bits per heavy atom. The zero-order valence-corrected chi connectivity index (χ0v) is 15.1. The molecular formula is C22H32O. The van der Waals surface area contributed by atoms with Crippen molar-refractivity contribution in [2.24, 2.45) is 35.0 Å². The maximum atomic E-state index is 5.64. The van der Waals surface area contributed by atoms with E-state index in [0.29, 0.717) is 11.5 Å². The molecule has 0 aromatic carbocycles. The fourth-order valence-electron chi connectivity index (χ4n) is 6.78. The molecule has 0 aliphatic heterocycles. The Labute approximate surface area is 141 Å². The van der Waals surface area contributed by atoms with Crippen molar-refractivity contribution in [1.29, 1.82) is 0 Å². The van der Waals surface area contributed by atoms with Crippen LogP contribution in [0.25, 0.3) is 0 Å². The van der Waals surface area contributed by atoms with Gasteiger partial charge in [-0.2, -0.15) is 0 Å². The molecule has 4 aliphatic carbocycles. The molecule has 0 aromatic rings. The Morgan fingerprint density at radius 1 is 1.30 bits per heavy atom. The standard InChI is InChI=1S/C22H32O/c1-5-15-6-8-19-18-9-7-16-13-17(23-4)10-11-22(16,3)20(18)12-14(2)21(15)19/h5-6,13-14,17-21H,1,7-12H2,2-4H3/t14-,17?,18?,19?,20?,21?,22+/m1/s1. The molecule has 0 aromatic heterocycles. The number of hydrogen-bond donors (Lipinski definition) is 0. The third-order valence-electron chi connectivity index (χ3n) is 7.95.